The van der Waals surface area contributed by atoms with E-state index in [1.165, 1.54) is 0 Å². The van der Waals surface area contributed by atoms with Crippen molar-refractivity contribution < 1.29 is 215 Å². The van der Waals surface area contributed by atoms with E-state index in [1.807, 2.05) is 0 Å². The van der Waals surface area contributed by atoms with E-state index >= 15 is 0 Å². The summed E-state index contributed by atoms with van der Waals surface area (Å²) in [5.41, 5.74) is 0. The first-order valence-electron chi connectivity index (χ1n) is 4.29. The Bertz CT molecular complexity index is 323. The van der Waals surface area contributed by atoms with Crippen LogP contribution in [0.1, 0.15) is 0 Å². The smallest absolute Gasteiger partial charge is 0.672 e. The van der Waals surface area contributed by atoms with E-state index in [1.54, 1.807) is 0 Å². The van der Waals surface area contributed by atoms with Crippen LogP contribution in [-0.4, -0.2) is 64.2 Å². The quantitative estimate of drug-likeness (QED) is 0.203. The first-order valence-corrected chi connectivity index (χ1v) is 12.9. The summed E-state index contributed by atoms with van der Waals surface area (Å²) in [5, 5.41) is 0. The van der Waals surface area contributed by atoms with Crippen LogP contribution in [0.15, 0.2) is 0 Å². The van der Waals surface area contributed by atoms with Crippen LogP contribution in [0.3, 0.4) is 0 Å². The van der Waals surface area contributed by atoms with Crippen molar-refractivity contribution in [2.75, 3.05) is 0 Å². The van der Waals surface area contributed by atoms with Crippen molar-refractivity contribution in [1.82, 2.24) is 0 Å². The molecule has 168 valence electrons. The zero-order valence-corrected chi connectivity index (χ0v) is 34.1. The summed E-state index contributed by atoms with van der Waals surface area (Å²) in [5.74, 6) is 0. The van der Waals surface area contributed by atoms with Crippen molar-refractivity contribution in [1.29, 1.82) is 0 Å². The molecule has 0 spiro atoms. The molecule has 0 rings (SSSR count). The summed E-state index contributed by atoms with van der Waals surface area (Å²) >= 11 is 0. The van der Waals surface area contributed by atoms with Gasteiger partial charge >= 0.3 is 117 Å². The van der Waals surface area contributed by atoms with E-state index in [9.17, 15) is 0 Å². The fourth-order valence-electron chi connectivity index (χ4n) is 0. The maximum Gasteiger partial charge on any atom is 4.00 e. The van der Waals surface area contributed by atoms with Gasteiger partial charge in [-0.25, -0.2) is 0 Å². The fourth-order valence-corrected chi connectivity index (χ4v) is 0. The van der Waals surface area contributed by atoms with Gasteiger partial charge in [0.2, 0.25) is 0 Å². The molecule has 32 heavy (non-hydrogen) atoms. The Morgan fingerprint density at radius 3 is 0.250 bits per heavy atom. The van der Waals surface area contributed by atoms with E-state index in [-0.39, 0.29) is 117 Å². The predicted molar refractivity (Wildman–Crippen MR) is 45.1 cm³/mol. The summed E-state index contributed by atoms with van der Waals surface area (Å²) in [6.07, 6.45) is 0. The fraction of sp³-hybridized carbons (Fsp3) is 0. The van der Waals surface area contributed by atoms with Gasteiger partial charge in [-0.05, 0) is 0 Å². The Hall–Kier alpha value is 1.27. The molecule has 0 amide bonds. The molecule has 0 aliphatic rings. The molecule has 32 heteroatoms. The second kappa shape index (κ2) is 63.6. The molecule has 0 N–H and O–H groups in total. The predicted octanol–water partition coefficient (Wildman–Crippen LogP) is -20.2. The van der Waals surface area contributed by atoms with E-state index in [4.69, 9.17) is 98.4 Å². The van der Waals surface area contributed by atoms with E-state index in [2.05, 4.69) is 0 Å². The van der Waals surface area contributed by atoms with Crippen molar-refractivity contribution in [3.8, 4) is 0 Å². The Morgan fingerprint density at radius 1 is 0.250 bits per heavy atom. The van der Waals surface area contributed by atoms with Crippen LogP contribution in [0.4, 0.5) is 0 Å². The zero-order chi connectivity index (χ0) is 25.0. The second-order valence-electron chi connectivity index (χ2n) is 1.75. The average molecular weight is 1070 g/mol. The van der Waals surface area contributed by atoms with Gasteiger partial charge in [0.25, 0.3) is 0 Å². The summed E-state index contributed by atoms with van der Waals surface area (Å²) in [6, 6.07) is 0. The average Bonchev–Trinajstić information content (AvgIpc) is 2.20. The molecule has 0 heterocycles. The third kappa shape index (κ3) is 17900. The van der Waals surface area contributed by atoms with Crippen molar-refractivity contribution >= 4 is 64.2 Å². The minimum absolute atomic E-state index is 0. The van der Waals surface area contributed by atoms with Crippen LogP contribution in [0.25, 0.3) is 0 Å². The summed E-state index contributed by atoms with van der Waals surface area (Å²) in [6.45, 7) is 0. The third-order valence-corrected chi connectivity index (χ3v) is 0. The van der Waals surface area contributed by atoms with Crippen molar-refractivity contribution in [3.05, 3.63) is 0 Å². The standard InChI is InChI=1S/2Hf.7O3Si.2Y/c;;7*1-4(2)3;;/q2*+4;7*-2;2*+3. The van der Waals surface area contributed by atoms with Gasteiger partial charge in [0.15, 0.2) is 0 Å². The molecule has 21 nitrogen and oxygen atoms in total. The largest absolute Gasteiger partial charge is 4.00 e. The molecule has 0 bridgehead atoms. The van der Waals surface area contributed by atoms with Crippen LogP contribution in [0.2, 0.25) is 0 Å². The van der Waals surface area contributed by atoms with Crippen LogP contribution < -0.4 is 67.1 Å². The van der Waals surface area contributed by atoms with Gasteiger partial charge in [-0.3, -0.25) is 0 Å². The Morgan fingerprint density at radius 2 is 0.250 bits per heavy atom. The molecule has 0 aliphatic heterocycles. The normalized spacial score (nSPS) is 5.25. The zero-order valence-electron chi connectivity index (χ0n) is 14.2. The third-order valence-electron chi connectivity index (χ3n) is 0. The monoisotopic (exact) mass is 1070 g/mol. The van der Waals surface area contributed by atoms with Crippen LogP contribution >= 0.6 is 0 Å². The molecular formula is Hf2O21Si7Y2. The van der Waals surface area contributed by atoms with Gasteiger partial charge < -0.3 is 98.4 Å². The topological polar surface area (TPSA) is 442 Å². The Labute approximate surface area is 275 Å². The first kappa shape index (κ1) is 69.9. The van der Waals surface area contributed by atoms with Gasteiger partial charge in [-0.2, -0.15) is 0 Å². The molecule has 0 radical (unpaired) electrons. The number of rotatable bonds is 0. The Balaban J connectivity index is -0.0000000175. The molecule has 0 aromatic carbocycles. The minimum atomic E-state index is -3.63. The minimum Gasteiger partial charge on any atom is -0.672 e. The second-order valence-corrected chi connectivity index (χ2v) is 5.25. The van der Waals surface area contributed by atoms with E-state index in [0.29, 0.717) is 0 Å². The molecular weight excluding hydrogens is 1070 g/mol. The summed E-state index contributed by atoms with van der Waals surface area (Å²) in [7, 11) is -25.4. The van der Waals surface area contributed by atoms with E-state index < -0.39 is 64.2 Å². The summed E-state index contributed by atoms with van der Waals surface area (Å²) in [4.78, 5) is 119. The number of hydrogen-bond donors (Lipinski definition) is 0. The van der Waals surface area contributed by atoms with Gasteiger partial charge in [-0.1, -0.05) is 0 Å². The summed E-state index contributed by atoms with van der Waals surface area (Å²) < 4.78 is 59.6. The van der Waals surface area contributed by atoms with Gasteiger partial charge in [0.1, 0.15) is 0 Å². The van der Waals surface area contributed by atoms with Crippen molar-refractivity contribution in [3.63, 3.8) is 0 Å². The van der Waals surface area contributed by atoms with Crippen LogP contribution in [0.5, 0.6) is 0 Å². The van der Waals surface area contributed by atoms with Crippen molar-refractivity contribution in [2.45, 2.75) is 0 Å². The molecule has 0 unspecified atom stereocenters. The van der Waals surface area contributed by atoms with E-state index in [0.717, 1.165) is 0 Å². The molecule has 0 fully saturated rings. The SMILES string of the molecule is O=[Si]([O-])[O-].O=[Si]([O-])[O-].O=[Si]([O-])[O-].O=[Si]([O-])[O-].O=[Si]([O-])[O-].O=[Si]([O-])[O-].O=[Si]([O-])[O-].[Hf+4].[Hf+4].[Y+3].[Y+3]. The van der Waals surface area contributed by atoms with Crippen LogP contribution in [-0.2, 0) is 148 Å². The maximum atomic E-state index is 8.52. The first-order chi connectivity index (χ1) is 12.1. The molecule has 0 saturated heterocycles. The Kier molecular flexibility index (Phi) is 139. The van der Waals surface area contributed by atoms with Gasteiger partial charge in [0.05, 0.1) is 0 Å². The van der Waals surface area contributed by atoms with Crippen LogP contribution in [0, 0.1) is 0 Å². The number of hydrogen-bond acceptors (Lipinski definition) is 21. The molecule has 0 saturated carbocycles. The molecule has 0 aromatic heterocycles. The maximum absolute atomic E-state index is 8.52. The molecule has 0 atom stereocenters. The van der Waals surface area contributed by atoms with Crippen molar-refractivity contribution in [2.24, 2.45) is 0 Å². The van der Waals surface area contributed by atoms with Gasteiger partial charge in [-0.15, -0.1) is 0 Å². The van der Waals surface area contributed by atoms with Gasteiger partial charge in [0, 0.05) is 64.2 Å². The molecule has 0 aliphatic carbocycles. The molecule has 0 aromatic rings.